The van der Waals surface area contributed by atoms with Gasteiger partial charge in [0, 0.05) is 5.57 Å². The van der Waals surface area contributed by atoms with Gasteiger partial charge in [0.1, 0.15) is 0 Å². The van der Waals surface area contributed by atoms with Crippen molar-refractivity contribution >= 4 is 16.2 Å². The maximum Gasteiger partial charge on any atom is 0.362 e. The lowest BCUT2D eigenvalue weighted by Gasteiger charge is -2.08. The zero-order valence-corrected chi connectivity index (χ0v) is 8.64. The maximum absolute atomic E-state index is 11.0. The molecule has 0 aromatic rings. The number of carbonyl (C=O) groups is 1. The van der Waals surface area contributed by atoms with Crippen molar-refractivity contribution < 1.29 is 17.4 Å². The summed E-state index contributed by atoms with van der Waals surface area (Å²) in [6, 6.07) is 0. The van der Waals surface area contributed by atoms with Gasteiger partial charge >= 0.3 is 10.3 Å². The van der Waals surface area contributed by atoms with Gasteiger partial charge in [-0.05, 0) is 20.8 Å². The Kier molecular flexibility index (Phi) is 4.09. The maximum atomic E-state index is 11.0. The van der Waals surface area contributed by atoms with E-state index in [2.05, 4.69) is 10.8 Å². The largest absolute Gasteiger partial charge is 0.362 e. The molecule has 0 radical (unpaired) electrons. The number of rotatable bonds is 4. The highest BCUT2D eigenvalue weighted by molar-refractivity contribution is 7.85. The van der Waals surface area contributed by atoms with E-state index in [0.717, 1.165) is 0 Å². The Morgan fingerprint density at radius 2 is 1.92 bits per heavy atom. The van der Waals surface area contributed by atoms with Gasteiger partial charge in [0.25, 0.3) is 5.91 Å². The zero-order chi connectivity index (χ0) is 10.6. The van der Waals surface area contributed by atoms with Crippen molar-refractivity contribution in [2.24, 2.45) is 0 Å². The first-order valence-corrected chi connectivity index (χ1v) is 5.06. The number of carbonyl (C=O) groups excluding carboxylic acids is 1. The summed E-state index contributed by atoms with van der Waals surface area (Å²) < 4.78 is 28.1. The Hall–Kier alpha value is -0.880. The van der Waals surface area contributed by atoms with Crippen LogP contribution < -0.4 is 4.72 Å². The molecule has 0 bridgehead atoms. The molecule has 6 heteroatoms. The molecule has 0 saturated heterocycles. The van der Waals surface area contributed by atoms with Crippen LogP contribution >= 0.6 is 0 Å². The molecule has 0 fully saturated rings. The Balaban J connectivity index is 4.36. The van der Waals surface area contributed by atoms with Crippen LogP contribution in [0.15, 0.2) is 12.2 Å². The molecule has 0 spiro atoms. The molecule has 0 atom stereocenters. The third-order valence-electron chi connectivity index (χ3n) is 0.924. The van der Waals surface area contributed by atoms with Crippen molar-refractivity contribution in [3.05, 3.63) is 12.2 Å². The third-order valence-corrected chi connectivity index (χ3v) is 2.00. The topological polar surface area (TPSA) is 72.5 Å². The first-order chi connectivity index (χ1) is 5.74. The molecule has 1 amide bonds. The highest BCUT2D eigenvalue weighted by atomic mass is 32.2. The second-order valence-electron chi connectivity index (χ2n) is 2.81. The smallest absolute Gasteiger partial charge is 0.269 e. The predicted molar refractivity (Wildman–Crippen MR) is 48.1 cm³/mol. The van der Waals surface area contributed by atoms with Crippen molar-refractivity contribution in [3.8, 4) is 0 Å². The average molecular weight is 207 g/mol. The molecule has 0 aromatic heterocycles. The molecule has 0 heterocycles. The molecule has 0 aliphatic heterocycles. The van der Waals surface area contributed by atoms with Crippen LogP contribution in [0.1, 0.15) is 20.8 Å². The summed E-state index contributed by atoms with van der Waals surface area (Å²) in [5.41, 5.74) is 0.107. The fraction of sp³-hybridized carbons (Fsp3) is 0.571. The Bertz CT molecular complexity index is 304. The number of hydrogen-bond donors (Lipinski definition) is 1. The van der Waals surface area contributed by atoms with Crippen LogP contribution in [0.3, 0.4) is 0 Å². The predicted octanol–water partition coefficient (Wildman–Crippen LogP) is 0.349. The van der Waals surface area contributed by atoms with Crippen LogP contribution in [0.4, 0.5) is 0 Å². The van der Waals surface area contributed by atoms with Gasteiger partial charge in [-0.2, -0.15) is 8.42 Å². The fourth-order valence-electron chi connectivity index (χ4n) is 0.478. The summed E-state index contributed by atoms with van der Waals surface area (Å²) in [7, 11) is -3.99. The summed E-state index contributed by atoms with van der Waals surface area (Å²) >= 11 is 0. The third kappa shape index (κ3) is 5.37. The van der Waals surface area contributed by atoms with E-state index < -0.39 is 22.3 Å². The summed E-state index contributed by atoms with van der Waals surface area (Å²) in [5.74, 6) is -0.763. The minimum Gasteiger partial charge on any atom is -0.269 e. The van der Waals surface area contributed by atoms with Gasteiger partial charge in [0.15, 0.2) is 0 Å². The number of amides is 1. The molecule has 1 N–H and O–H groups in total. The van der Waals surface area contributed by atoms with Gasteiger partial charge in [0.2, 0.25) is 0 Å². The molecule has 0 aromatic carbocycles. The minimum absolute atomic E-state index is 0.107. The van der Waals surface area contributed by atoms with Gasteiger partial charge in [-0.3, -0.25) is 8.98 Å². The second-order valence-corrected chi connectivity index (χ2v) is 4.12. The number of hydrogen-bond acceptors (Lipinski definition) is 4. The van der Waals surface area contributed by atoms with Gasteiger partial charge in [-0.25, -0.2) is 4.72 Å². The molecule has 0 aliphatic carbocycles. The van der Waals surface area contributed by atoms with Crippen LogP contribution in [0.5, 0.6) is 0 Å². The first kappa shape index (κ1) is 12.1. The van der Waals surface area contributed by atoms with E-state index in [1.807, 2.05) is 0 Å². The van der Waals surface area contributed by atoms with Gasteiger partial charge in [-0.1, -0.05) is 6.58 Å². The normalized spacial score (nSPS) is 11.4. The highest BCUT2D eigenvalue weighted by Crippen LogP contribution is 1.97. The summed E-state index contributed by atoms with van der Waals surface area (Å²) in [6.07, 6.45) is -0.504. The zero-order valence-electron chi connectivity index (χ0n) is 7.83. The second kappa shape index (κ2) is 4.38. The molecule has 0 rings (SSSR count). The van der Waals surface area contributed by atoms with Crippen molar-refractivity contribution in [1.82, 2.24) is 4.72 Å². The molecule has 0 unspecified atom stereocenters. The van der Waals surface area contributed by atoms with Gasteiger partial charge < -0.3 is 0 Å². The van der Waals surface area contributed by atoms with E-state index in [4.69, 9.17) is 0 Å². The van der Waals surface area contributed by atoms with E-state index in [9.17, 15) is 13.2 Å². The summed E-state index contributed by atoms with van der Waals surface area (Å²) in [6.45, 7) is 7.78. The van der Waals surface area contributed by atoms with Crippen molar-refractivity contribution in [2.45, 2.75) is 26.9 Å². The monoisotopic (exact) mass is 207 g/mol. The molecule has 13 heavy (non-hydrogen) atoms. The quantitative estimate of drug-likeness (QED) is 0.675. The minimum atomic E-state index is -3.99. The van der Waals surface area contributed by atoms with E-state index in [-0.39, 0.29) is 5.57 Å². The van der Waals surface area contributed by atoms with Crippen LogP contribution in [-0.4, -0.2) is 20.4 Å². The highest BCUT2D eigenvalue weighted by Gasteiger charge is 2.16. The van der Waals surface area contributed by atoms with Crippen LogP contribution in [0.2, 0.25) is 0 Å². The fourth-order valence-corrected chi connectivity index (χ4v) is 1.43. The van der Waals surface area contributed by atoms with E-state index in [1.165, 1.54) is 6.92 Å². The molecular weight excluding hydrogens is 194 g/mol. The van der Waals surface area contributed by atoms with Crippen molar-refractivity contribution in [1.29, 1.82) is 0 Å². The van der Waals surface area contributed by atoms with Gasteiger partial charge in [0.05, 0.1) is 6.10 Å². The van der Waals surface area contributed by atoms with Crippen molar-refractivity contribution in [3.63, 3.8) is 0 Å². The summed E-state index contributed by atoms with van der Waals surface area (Å²) in [5, 5.41) is 0. The van der Waals surface area contributed by atoms with E-state index in [1.54, 1.807) is 18.6 Å². The Morgan fingerprint density at radius 3 is 2.23 bits per heavy atom. The summed E-state index contributed by atoms with van der Waals surface area (Å²) in [4.78, 5) is 10.9. The van der Waals surface area contributed by atoms with E-state index in [0.29, 0.717) is 0 Å². The first-order valence-electron chi connectivity index (χ1n) is 3.65. The Morgan fingerprint density at radius 1 is 1.46 bits per heavy atom. The van der Waals surface area contributed by atoms with Crippen molar-refractivity contribution in [2.75, 3.05) is 0 Å². The molecule has 5 nitrogen and oxygen atoms in total. The molecule has 0 aliphatic rings. The van der Waals surface area contributed by atoms with Crippen LogP contribution in [0.25, 0.3) is 0 Å². The standard InChI is InChI=1S/C7H13NO4S/c1-5(2)7(9)8-13(10,11)12-6(3)4/h6H,1H2,2-4H3,(H,8,9). The Labute approximate surface area is 78.0 Å². The SMILES string of the molecule is C=C(C)C(=O)NS(=O)(=O)OC(C)C. The molecular formula is C7H13NO4S. The lowest BCUT2D eigenvalue weighted by molar-refractivity contribution is -0.115. The molecule has 76 valence electrons. The average Bonchev–Trinajstić information content (AvgIpc) is 1.81. The lowest BCUT2D eigenvalue weighted by atomic mass is 10.3. The van der Waals surface area contributed by atoms with Crippen LogP contribution in [-0.2, 0) is 19.3 Å². The van der Waals surface area contributed by atoms with E-state index >= 15 is 0 Å². The van der Waals surface area contributed by atoms with Crippen LogP contribution in [0, 0.1) is 0 Å². The van der Waals surface area contributed by atoms with Gasteiger partial charge in [-0.15, -0.1) is 0 Å². The molecule has 0 saturated carbocycles. The lowest BCUT2D eigenvalue weighted by Crippen LogP contribution is -2.33. The number of nitrogens with one attached hydrogen (secondary N) is 1.